The van der Waals surface area contributed by atoms with E-state index in [1.807, 2.05) is 30.7 Å². The van der Waals surface area contributed by atoms with E-state index >= 15 is 0 Å². The lowest BCUT2D eigenvalue weighted by Gasteiger charge is -2.27. The first kappa shape index (κ1) is 26.2. The van der Waals surface area contributed by atoms with Crippen LogP contribution in [0.3, 0.4) is 0 Å². The molecule has 1 atom stereocenters. The van der Waals surface area contributed by atoms with E-state index in [9.17, 15) is 4.79 Å². The molecule has 200 valence electrons. The summed E-state index contributed by atoms with van der Waals surface area (Å²) in [7, 11) is 4.30. The molecule has 0 bridgehead atoms. The minimum absolute atomic E-state index is 0.0114. The molecule has 5 rings (SSSR count). The van der Waals surface area contributed by atoms with Crippen LogP contribution in [0.2, 0.25) is 0 Å². The van der Waals surface area contributed by atoms with Crippen molar-refractivity contribution in [2.24, 2.45) is 5.92 Å². The molecule has 2 aromatic carbocycles. The van der Waals surface area contributed by atoms with Crippen LogP contribution in [0.15, 0.2) is 53.5 Å². The van der Waals surface area contributed by atoms with E-state index in [4.69, 9.17) is 4.98 Å². The Morgan fingerprint density at radius 3 is 2.61 bits per heavy atom. The Morgan fingerprint density at radius 1 is 1.11 bits per heavy atom. The molecule has 0 amide bonds. The number of rotatable bonds is 6. The molecule has 1 unspecified atom stereocenters. The SMILES string of the molecule is CC(C)n1c(=O)c2cnc(Nc3ccc4c(c3)CCC(CN(C)C)C4)nc2n1-c1cccc(C(C)(C)C)c1. The topological polar surface area (TPSA) is 68.0 Å². The first-order valence-electron chi connectivity index (χ1n) is 13.7. The van der Waals surface area contributed by atoms with Gasteiger partial charge in [-0.15, -0.1) is 0 Å². The summed E-state index contributed by atoms with van der Waals surface area (Å²) in [4.78, 5) is 25.1. The van der Waals surface area contributed by atoms with Gasteiger partial charge in [0.25, 0.3) is 5.56 Å². The first-order chi connectivity index (χ1) is 18.0. The Bertz CT molecular complexity index is 1520. The Morgan fingerprint density at radius 2 is 1.89 bits per heavy atom. The molecule has 38 heavy (non-hydrogen) atoms. The summed E-state index contributed by atoms with van der Waals surface area (Å²) in [6, 6.07) is 14.9. The maximum absolute atomic E-state index is 13.4. The minimum Gasteiger partial charge on any atom is -0.324 e. The number of nitrogens with one attached hydrogen (secondary N) is 1. The van der Waals surface area contributed by atoms with Crippen molar-refractivity contribution in [3.05, 3.63) is 75.7 Å². The first-order valence-corrected chi connectivity index (χ1v) is 13.7. The largest absolute Gasteiger partial charge is 0.324 e. The van der Waals surface area contributed by atoms with E-state index < -0.39 is 0 Å². The Kier molecular flexibility index (Phi) is 6.90. The third kappa shape index (κ3) is 5.12. The highest BCUT2D eigenvalue weighted by molar-refractivity contribution is 5.77. The van der Waals surface area contributed by atoms with Crippen molar-refractivity contribution in [2.45, 2.75) is 65.3 Å². The summed E-state index contributed by atoms with van der Waals surface area (Å²) in [5.74, 6) is 1.20. The molecule has 0 saturated carbocycles. The van der Waals surface area contributed by atoms with Crippen LogP contribution in [-0.4, -0.2) is 44.9 Å². The fraction of sp³-hybridized carbons (Fsp3) is 0.452. The summed E-state index contributed by atoms with van der Waals surface area (Å²) in [6.07, 6.45) is 5.07. The maximum Gasteiger partial charge on any atom is 0.278 e. The minimum atomic E-state index is -0.0798. The van der Waals surface area contributed by atoms with Gasteiger partial charge in [-0.1, -0.05) is 39.0 Å². The second-order valence-electron chi connectivity index (χ2n) is 12.3. The number of hydrogen-bond donors (Lipinski definition) is 1. The van der Waals surface area contributed by atoms with Crippen molar-refractivity contribution in [3.63, 3.8) is 0 Å². The highest BCUT2D eigenvalue weighted by Crippen LogP contribution is 2.30. The number of fused-ring (bicyclic) bond motifs is 2. The molecular formula is C31H40N6O. The van der Waals surface area contributed by atoms with Crippen molar-refractivity contribution in [3.8, 4) is 5.69 Å². The van der Waals surface area contributed by atoms with Gasteiger partial charge >= 0.3 is 0 Å². The quantitative estimate of drug-likeness (QED) is 0.350. The standard InChI is InChI=1S/C31H40N6O/c1-20(2)36-29(38)27-18-32-30(34-28(27)37(36)26-10-8-9-24(17-26)31(3,4)5)33-25-14-13-22-15-21(19-35(6)7)11-12-23(22)16-25/h8-10,13-14,16-18,20-21H,11-12,15,19H2,1-7H3,(H,32,33,34). The van der Waals surface area contributed by atoms with Gasteiger partial charge in [0.2, 0.25) is 5.95 Å². The second kappa shape index (κ2) is 10.0. The van der Waals surface area contributed by atoms with E-state index in [1.54, 1.807) is 10.9 Å². The van der Waals surface area contributed by atoms with Crippen LogP contribution < -0.4 is 10.9 Å². The molecule has 7 heteroatoms. The summed E-state index contributed by atoms with van der Waals surface area (Å²) in [5.41, 5.74) is 6.45. The van der Waals surface area contributed by atoms with Gasteiger partial charge < -0.3 is 10.2 Å². The molecule has 1 aliphatic carbocycles. The molecule has 2 heterocycles. The van der Waals surface area contributed by atoms with Crippen LogP contribution in [0, 0.1) is 5.92 Å². The van der Waals surface area contributed by atoms with E-state index in [0.29, 0.717) is 22.9 Å². The van der Waals surface area contributed by atoms with Crippen LogP contribution >= 0.6 is 0 Å². The van der Waals surface area contributed by atoms with Crippen molar-refractivity contribution in [2.75, 3.05) is 26.0 Å². The molecule has 0 aliphatic heterocycles. The number of nitrogens with zero attached hydrogens (tertiary/aromatic N) is 5. The number of benzene rings is 2. The van der Waals surface area contributed by atoms with E-state index in [1.165, 1.54) is 23.1 Å². The summed E-state index contributed by atoms with van der Waals surface area (Å²) >= 11 is 0. The fourth-order valence-corrected chi connectivity index (χ4v) is 5.59. The normalized spacial score (nSPS) is 15.9. The average Bonchev–Trinajstić information content (AvgIpc) is 3.15. The Balaban J connectivity index is 1.52. The van der Waals surface area contributed by atoms with Crippen LogP contribution in [-0.2, 0) is 18.3 Å². The molecule has 4 aromatic rings. The van der Waals surface area contributed by atoms with E-state index in [2.05, 4.69) is 80.4 Å². The van der Waals surface area contributed by atoms with E-state index in [0.717, 1.165) is 30.8 Å². The van der Waals surface area contributed by atoms with Crippen molar-refractivity contribution >= 4 is 22.7 Å². The van der Waals surface area contributed by atoms with Crippen LogP contribution in [0.25, 0.3) is 16.7 Å². The van der Waals surface area contributed by atoms with Gasteiger partial charge in [0.15, 0.2) is 5.65 Å². The van der Waals surface area contributed by atoms with Gasteiger partial charge in [-0.05, 0) is 99.5 Å². The second-order valence-corrected chi connectivity index (χ2v) is 12.3. The van der Waals surface area contributed by atoms with Gasteiger partial charge in [0.1, 0.15) is 5.39 Å². The Labute approximate surface area is 225 Å². The molecule has 1 aliphatic rings. The third-order valence-electron chi connectivity index (χ3n) is 7.49. The molecule has 0 fully saturated rings. The number of hydrogen-bond acceptors (Lipinski definition) is 5. The van der Waals surface area contributed by atoms with Gasteiger partial charge in [-0.3, -0.25) is 4.79 Å². The van der Waals surface area contributed by atoms with Crippen molar-refractivity contribution in [1.82, 2.24) is 24.2 Å². The maximum atomic E-state index is 13.4. The van der Waals surface area contributed by atoms with Crippen molar-refractivity contribution in [1.29, 1.82) is 0 Å². The van der Waals surface area contributed by atoms with Crippen LogP contribution in [0.5, 0.6) is 0 Å². The van der Waals surface area contributed by atoms with Crippen molar-refractivity contribution < 1.29 is 0 Å². The lowest BCUT2D eigenvalue weighted by molar-refractivity contribution is 0.303. The summed E-state index contributed by atoms with van der Waals surface area (Å²) in [5, 5.41) is 3.92. The summed E-state index contributed by atoms with van der Waals surface area (Å²) in [6.45, 7) is 11.8. The number of aromatic nitrogens is 4. The van der Waals surface area contributed by atoms with Crippen LogP contribution in [0.4, 0.5) is 11.6 Å². The highest BCUT2D eigenvalue weighted by Gasteiger charge is 2.22. The summed E-state index contributed by atoms with van der Waals surface area (Å²) < 4.78 is 3.72. The molecule has 0 radical (unpaired) electrons. The third-order valence-corrected chi connectivity index (χ3v) is 7.49. The zero-order valence-electron chi connectivity index (χ0n) is 23.7. The molecule has 2 aromatic heterocycles. The average molecular weight is 513 g/mol. The fourth-order valence-electron chi connectivity index (χ4n) is 5.59. The monoisotopic (exact) mass is 512 g/mol. The molecule has 7 nitrogen and oxygen atoms in total. The van der Waals surface area contributed by atoms with Gasteiger partial charge in [0.05, 0.1) is 5.69 Å². The lowest BCUT2D eigenvalue weighted by Crippen LogP contribution is -2.26. The lowest BCUT2D eigenvalue weighted by atomic mass is 9.83. The zero-order valence-corrected chi connectivity index (χ0v) is 23.7. The molecule has 0 saturated heterocycles. The smallest absolute Gasteiger partial charge is 0.278 e. The molecule has 1 N–H and O–H groups in total. The predicted octanol–water partition coefficient (Wildman–Crippen LogP) is 5.87. The van der Waals surface area contributed by atoms with Gasteiger partial charge in [-0.25, -0.2) is 14.3 Å². The number of aryl methyl sites for hydroxylation is 1. The Hall–Kier alpha value is -3.45. The van der Waals surface area contributed by atoms with Gasteiger partial charge in [-0.2, -0.15) is 4.98 Å². The molecule has 0 spiro atoms. The highest BCUT2D eigenvalue weighted by atomic mass is 16.1. The van der Waals surface area contributed by atoms with Crippen LogP contribution in [0.1, 0.15) is 63.8 Å². The van der Waals surface area contributed by atoms with Gasteiger partial charge in [0, 0.05) is 24.5 Å². The number of anilines is 2. The molecular weight excluding hydrogens is 472 g/mol. The van der Waals surface area contributed by atoms with E-state index in [-0.39, 0.29) is 17.0 Å². The predicted molar refractivity (Wildman–Crippen MR) is 156 cm³/mol. The zero-order chi connectivity index (χ0) is 27.2.